The Morgan fingerprint density at radius 3 is 2.50 bits per heavy atom. The van der Waals surface area contributed by atoms with Crippen molar-refractivity contribution < 1.29 is 28.2 Å². The van der Waals surface area contributed by atoms with Gasteiger partial charge in [-0.2, -0.15) is 0 Å². The van der Waals surface area contributed by atoms with Gasteiger partial charge in [0.2, 0.25) is 0 Å². The third-order valence-corrected chi connectivity index (χ3v) is 2.89. The van der Waals surface area contributed by atoms with Gasteiger partial charge >= 0.3 is 0 Å². The maximum absolute atomic E-state index is 11.1. The first-order valence-corrected chi connectivity index (χ1v) is 6.77. The largest absolute Gasteiger partial charge is 0.779 e. The topological polar surface area (TPSA) is 77.1 Å². The van der Waals surface area contributed by atoms with Crippen molar-refractivity contribution in [3.05, 3.63) is 0 Å². The highest BCUT2D eigenvalue weighted by Gasteiger charge is 2.44. The Morgan fingerprint density at radius 1 is 1.44 bits per heavy atom. The molecule has 8 heteroatoms. The van der Waals surface area contributed by atoms with Crippen LogP contribution in [0.5, 0.6) is 0 Å². The van der Waals surface area contributed by atoms with Crippen LogP contribution in [-0.2, 0) is 23.3 Å². The quantitative estimate of drug-likeness (QED) is 0.464. The molecule has 0 saturated carbocycles. The fraction of sp³-hybridized carbons (Fsp3) is 1.00. The van der Waals surface area contributed by atoms with E-state index in [0.717, 1.165) is 6.66 Å². The summed E-state index contributed by atoms with van der Waals surface area (Å²) in [5.41, 5.74) is 0. The van der Waals surface area contributed by atoms with Crippen molar-refractivity contribution in [2.75, 3.05) is 27.5 Å². The predicted molar refractivity (Wildman–Crippen MR) is 55.5 cm³/mol. The van der Waals surface area contributed by atoms with Gasteiger partial charge in [-0.3, -0.25) is 0 Å². The highest BCUT2D eigenvalue weighted by molar-refractivity contribution is 7.50. The number of hydrogen-bond acceptors (Lipinski definition) is 6. The van der Waals surface area contributed by atoms with E-state index in [0.29, 0.717) is 0 Å². The molecule has 1 saturated heterocycles. The van der Waals surface area contributed by atoms with Gasteiger partial charge in [0.1, 0.15) is 33.8 Å². The second-order valence-electron chi connectivity index (χ2n) is 3.64. The molecule has 0 aromatic heterocycles. The van der Waals surface area contributed by atoms with Crippen LogP contribution < -0.4 is 4.89 Å². The lowest BCUT2D eigenvalue weighted by Crippen LogP contribution is -2.38. The Labute approximate surface area is 96.2 Å². The molecule has 0 spiro atoms. The van der Waals surface area contributed by atoms with E-state index in [2.05, 4.69) is 0 Å². The van der Waals surface area contributed by atoms with Crippen LogP contribution in [0.3, 0.4) is 0 Å². The zero-order valence-corrected chi connectivity index (χ0v) is 10.4. The van der Waals surface area contributed by atoms with Gasteiger partial charge < -0.3 is 28.2 Å². The fourth-order valence-electron chi connectivity index (χ4n) is 1.67. The smallest absolute Gasteiger partial charge is 0.132 e. The van der Waals surface area contributed by atoms with Crippen LogP contribution in [0.2, 0.25) is 0 Å². The summed E-state index contributed by atoms with van der Waals surface area (Å²) in [5.74, 6) is 0. The molecule has 16 heavy (non-hydrogen) atoms. The summed E-state index contributed by atoms with van der Waals surface area (Å²) in [7, 11) is 4.67. The summed E-state index contributed by atoms with van der Waals surface area (Å²) >= 11 is 0. The van der Waals surface area contributed by atoms with Crippen molar-refractivity contribution in [2.24, 2.45) is 0 Å². The molecule has 1 rings (SSSR count). The molecule has 5 atom stereocenters. The van der Waals surface area contributed by atoms with Crippen molar-refractivity contribution in [3.63, 3.8) is 0 Å². The summed E-state index contributed by atoms with van der Waals surface area (Å²) in [6, 6.07) is -0.721. The zero-order chi connectivity index (χ0) is 12.3. The van der Waals surface area contributed by atoms with Gasteiger partial charge in [-0.1, -0.05) is 0 Å². The molecule has 2 unspecified atom stereocenters. The van der Waals surface area contributed by atoms with Gasteiger partial charge in [0.15, 0.2) is 0 Å². The normalized spacial score (nSPS) is 38.5. The predicted octanol–water partition coefficient (Wildman–Crippen LogP) is -0.890. The molecule has 0 aromatic rings. The van der Waals surface area contributed by atoms with E-state index < -0.39 is 31.9 Å². The van der Waals surface area contributed by atoms with Crippen LogP contribution in [0.25, 0.3) is 0 Å². The molecule has 1 aliphatic heterocycles. The molecule has 1 fully saturated rings. The molecule has 92 valence electrons. The lowest BCUT2D eigenvalue weighted by molar-refractivity contribution is -0.205. The minimum Gasteiger partial charge on any atom is -0.779 e. The first-order chi connectivity index (χ1) is 7.39. The van der Waals surface area contributed by atoms with Gasteiger partial charge in [-0.25, -0.2) is 0 Å². The standard InChI is InChI=1S/C8H16BO6P/c1-12-4-5-6(15-16(3,10)11)7(13-2)8(9)14-5/h5-8H,4H2,1-3H3,(H,10,11)/p-1/t5-,6+,7?,8-/m1/s1. The average molecular weight is 249 g/mol. The van der Waals surface area contributed by atoms with E-state index in [1.807, 2.05) is 0 Å². The Hall–Kier alpha value is 0.0949. The van der Waals surface area contributed by atoms with Crippen molar-refractivity contribution in [1.82, 2.24) is 0 Å². The van der Waals surface area contributed by atoms with Crippen molar-refractivity contribution in [3.8, 4) is 0 Å². The first kappa shape index (κ1) is 14.2. The lowest BCUT2D eigenvalue weighted by atomic mass is 9.93. The Morgan fingerprint density at radius 2 is 2.06 bits per heavy atom. The van der Waals surface area contributed by atoms with E-state index in [1.165, 1.54) is 14.2 Å². The Kier molecular flexibility index (Phi) is 4.97. The fourth-order valence-corrected chi connectivity index (χ4v) is 2.37. The minimum absolute atomic E-state index is 0.193. The SMILES string of the molecule is [B][C@@H]1O[C@H](COC)[C@H](OP(C)(=O)[O-])C1OC. The van der Waals surface area contributed by atoms with Crippen LogP contribution in [0.15, 0.2) is 0 Å². The molecular weight excluding hydrogens is 234 g/mol. The molecule has 6 nitrogen and oxygen atoms in total. The van der Waals surface area contributed by atoms with Crippen LogP contribution in [0.4, 0.5) is 0 Å². The van der Waals surface area contributed by atoms with Crippen molar-refractivity contribution >= 4 is 15.4 Å². The van der Waals surface area contributed by atoms with Crippen LogP contribution in [-0.4, -0.2) is 59.7 Å². The second kappa shape index (κ2) is 5.62. The third kappa shape index (κ3) is 3.55. The molecule has 0 N–H and O–H groups in total. The summed E-state index contributed by atoms with van der Waals surface area (Å²) in [6.45, 7) is 1.19. The zero-order valence-electron chi connectivity index (χ0n) is 9.49. The van der Waals surface area contributed by atoms with Gasteiger partial charge in [0.05, 0.1) is 6.61 Å². The third-order valence-electron chi connectivity index (χ3n) is 2.26. The molecule has 2 radical (unpaired) electrons. The number of ether oxygens (including phenoxy) is 3. The maximum atomic E-state index is 11.1. The molecule has 1 heterocycles. The number of methoxy groups -OCH3 is 2. The summed E-state index contributed by atoms with van der Waals surface area (Å²) in [6.07, 6.45) is -1.94. The van der Waals surface area contributed by atoms with Gasteiger partial charge in [0.25, 0.3) is 0 Å². The number of rotatable bonds is 5. The van der Waals surface area contributed by atoms with Crippen molar-refractivity contribution in [2.45, 2.75) is 24.3 Å². The first-order valence-electron chi connectivity index (χ1n) is 4.78. The highest BCUT2D eigenvalue weighted by Crippen LogP contribution is 2.39. The van der Waals surface area contributed by atoms with Crippen LogP contribution in [0.1, 0.15) is 0 Å². The van der Waals surface area contributed by atoms with E-state index in [-0.39, 0.29) is 6.61 Å². The van der Waals surface area contributed by atoms with E-state index >= 15 is 0 Å². The molecule has 0 aliphatic carbocycles. The van der Waals surface area contributed by atoms with Crippen LogP contribution in [0, 0.1) is 0 Å². The highest BCUT2D eigenvalue weighted by atomic mass is 31.2. The van der Waals surface area contributed by atoms with Gasteiger partial charge in [-0.05, 0) is 0 Å². The van der Waals surface area contributed by atoms with Gasteiger partial charge in [-0.15, -0.1) is 0 Å². The Bertz CT molecular complexity index is 269. The lowest BCUT2D eigenvalue weighted by Gasteiger charge is -2.28. The molecule has 0 aromatic carbocycles. The molecule has 0 amide bonds. The maximum Gasteiger partial charge on any atom is 0.132 e. The summed E-state index contributed by atoms with van der Waals surface area (Å²) in [5, 5.41) is 0. The summed E-state index contributed by atoms with van der Waals surface area (Å²) < 4.78 is 31.3. The minimum atomic E-state index is -3.87. The molecule has 0 bridgehead atoms. The van der Waals surface area contributed by atoms with Gasteiger partial charge in [0, 0.05) is 26.9 Å². The molecule has 1 aliphatic rings. The summed E-state index contributed by atoms with van der Waals surface area (Å²) in [4.78, 5) is 11.1. The van der Waals surface area contributed by atoms with E-state index in [4.69, 9.17) is 26.6 Å². The van der Waals surface area contributed by atoms with E-state index in [1.54, 1.807) is 0 Å². The van der Waals surface area contributed by atoms with Crippen LogP contribution >= 0.6 is 7.60 Å². The Balaban J connectivity index is 2.75. The second-order valence-corrected chi connectivity index (χ2v) is 5.39. The number of hydrogen-bond donors (Lipinski definition) is 0. The monoisotopic (exact) mass is 249 g/mol. The average Bonchev–Trinajstić information content (AvgIpc) is 2.41. The molecular formula is C8H15BO6P-. The van der Waals surface area contributed by atoms with E-state index in [9.17, 15) is 9.46 Å². The van der Waals surface area contributed by atoms with Crippen molar-refractivity contribution in [1.29, 1.82) is 0 Å².